The van der Waals surface area contributed by atoms with E-state index >= 15 is 0 Å². The molecule has 0 atom stereocenters. The zero-order valence-electron chi connectivity index (χ0n) is 11.7. The van der Waals surface area contributed by atoms with Crippen molar-refractivity contribution in [1.82, 2.24) is 20.8 Å². The molecule has 0 unspecified atom stereocenters. The lowest BCUT2D eigenvalue weighted by molar-refractivity contribution is -0.120. The molecule has 0 aliphatic carbocycles. The number of rotatable bonds is 8. The van der Waals surface area contributed by atoms with E-state index in [1.165, 1.54) is 6.92 Å². The molecule has 10 heteroatoms. The van der Waals surface area contributed by atoms with Crippen molar-refractivity contribution in [1.29, 1.82) is 0 Å². The summed E-state index contributed by atoms with van der Waals surface area (Å²) in [5.41, 5.74) is 0. The molecule has 1 aromatic rings. The molecule has 1 aromatic heterocycles. The maximum absolute atomic E-state index is 11.5. The fourth-order valence-corrected chi connectivity index (χ4v) is 1.76. The van der Waals surface area contributed by atoms with Crippen molar-refractivity contribution in [2.24, 2.45) is 0 Å². The van der Waals surface area contributed by atoms with Crippen LogP contribution in [0.1, 0.15) is 24.5 Å². The number of thioether (sulfide) groups is 1. The topological polar surface area (TPSA) is 123 Å². The number of amides is 2. The summed E-state index contributed by atoms with van der Waals surface area (Å²) >= 11 is 1.00. The molecular formula is C11H16N4O5S. The highest BCUT2D eigenvalue weighted by atomic mass is 32.2. The Labute approximate surface area is 125 Å². The Morgan fingerprint density at radius 2 is 1.95 bits per heavy atom. The highest BCUT2D eigenvalue weighted by molar-refractivity contribution is 7.99. The number of hydrogen-bond donors (Lipinski definition) is 2. The third-order valence-electron chi connectivity index (χ3n) is 2.00. The first-order valence-electron chi connectivity index (χ1n) is 6.17. The van der Waals surface area contributed by atoms with E-state index in [-0.39, 0.29) is 35.3 Å². The second-order valence-corrected chi connectivity index (χ2v) is 4.64. The van der Waals surface area contributed by atoms with Crippen LogP contribution in [0.5, 0.6) is 0 Å². The number of ether oxygens (including phenoxy) is 1. The predicted octanol–water partition coefficient (Wildman–Crippen LogP) is -0.409. The van der Waals surface area contributed by atoms with Gasteiger partial charge < -0.3 is 19.8 Å². The summed E-state index contributed by atoms with van der Waals surface area (Å²) in [6.07, 6.45) is 0. The van der Waals surface area contributed by atoms with E-state index in [2.05, 4.69) is 20.8 Å². The molecule has 9 nitrogen and oxygen atoms in total. The Morgan fingerprint density at radius 1 is 1.24 bits per heavy atom. The molecule has 0 aromatic carbocycles. The summed E-state index contributed by atoms with van der Waals surface area (Å²) in [4.78, 5) is 33.4. The summed E-state index contributed by atoms with van der Waals surface area (Å²) < 4.78 is 9.73. The van der Waals surface area contributed by atoms with E-state index < -0.39 is 5.97 Å². The zero-order chi connectivity index (χ0) is 15.7. The largest absolute Gasteiger partial charge is 0.459 e. The van der Waals surface area contributed by atoms with Gasteiger partial charge in [-0.1, -0.05) is 16.9 Å². The van der Waals surface area contributed by atoms with Crippen LogP contribution in [0.15, 0.2) is 9.64 Å². The Morgan fingerprint density at radius 3 is 2.62 bits per heavy atom. The molecule has 1 rings (SSSR count). The number of esters is 1. The lowest BCUT2D eigenvalue weighted by Crippen LogP contribution is -2.34. The van der Waals surface area contributed by atoms with Gasteiger partial charge in [0.05, 0.1) is 12.4 Å². The second kappa shape index (κ2) is 8.95. The van der Waals surface area contributed by atoms with Crippen LogP contribution in [0.2, 0.25) is 0 Å². The molecule has 2 amide bonds. The highest BCUT2D eigenvalue weighted by Crippen LogP contribution is 2.15. The van der Waals surface area contributed by atoms with Gasteiger partial charge in [-0.15, -0.1) is 5.10 Å². The molecule has 0 bridgehead atoms. The van der Waals surface area contributed by atoms with Crippen LogP contribution in [0, 0.1) is 0 Å². The monoisotopic (exact) mass is 316 g/mol. The quantitative estimate of drug-likeness (QED) is 0.377. The van der Waals surface area contributed by atoms with Crippen molar-refractivity contribution in [3.63, 3.8) is 0 Å². The molecule has 2 N–H and O–H groups in total. The van der Waals surface area contributed by atoms with E-state index in [9.17, 15) is 14.4 Å². The first-order valence-corrected chi connectivity index (χ1v) is 7.16. The van der Waals surface area contributed by atoms with Crippen LogP contribution in [0.3, 0.4) is 0 Å². The predicted molar refractivity (Wildman–Crippen MR) is 72.7 cm³/mol. The standard InChI is InChI=1S/C11H16N4O5S/c1-3-19-10(18)9-14-15-11(20-9)21-6-8(17)13-5-4-12-7(2)16/h3-6H2,1-2H3,(H,12,16)(H,13,17). The van der Waals surface area contributed by atoms with Crippen LogP contribution < -0.4 is 10.6 Å². The minimum atomic E-state index is -0.698. The maximum atomic E-state index is 11.5. The van der Waals surface area contributed by atoms with Crippen LogP contribution in [0.4, 0.5) is 0 Å². The molecule has 0 saturated carbocycles. The first kappa shape index (κ1) is 17.0. The number of aromatic nitrogens is 2. The molecule has 0 aliphatic rings. The molecule has 0 radical (unpaired) electrons. The average molecular weight is 316 g/mol. The third-order valence-corrected chi connectivity index (χ3v) is 2.82. The van der Waals surface area contributed by atoms with Gasteiger partial charge in [-0.25, -0.2) is 4.79 Å². The average Bonchev–Trinajstić information content (AvgIpc) is 2.90. The normalized spacial score (nSPS) is 10.0. The maximum Gasteiger partial charge on any atom is 0.396 e. The van der Waals surface area contributed by atoms with Crippen molar-refractivity contribution in [3.8, 4) is 0 Å². The Balaban J connectivity index is 2.27. The Bertz CT molecular complexity index is 505. The summed E-state index contributed by atoms with van der Waals surface area (Å²) in [5, 5.41) is 12.4. The molecule has 0 spiro atoms. The van der Waals surface area contributed by atoms with Gasteiger partial charge in [-0.2, -0.15) is 0 Å². The van der Waals surface area contributed by atoms with Crippen molar-refractivity contribution in [3.05, 3.63) is 5.89 Å². The summed E-state index contributed by atoms with van der Waals surface area (Å²) in [6, 6.07) is 0. The highest BCUT2D eigenvalue weighted by Gasteiger charge is 2.16. The van der Waals surface area contributed by atoms with Gasteiger partial charge in [0.15, 0.2) is 0 Å². The molecular weight excluding hydrogens is 300 g/mol. The smallest absolute Gasteiger partial charge is 0.396 e. The number of hydrogen-bond acceptors (Lipinski definition) is 8. The van der Waals surface area contributed by atoms with Crippen LogP contribution in [-0.2, 0) is 14.3 Å². The van der Waals surface area contributed by atoms with Gasteiger partial charge >= 0.3 is 11.9 Å². The molecule has 21 heavy (non-hydrogen) atoms. The zero-order valence-corrected chi connectivity index (χ0v) is 12.5. The van der Waals surface area contributed by atoms with E-state index in [4.69, 9.17) is 9.15 Å². The molecule has 116 valence electrons. The van der Waals surface area contributed by atoms with E-state index in [1.54, 1.807) is 6.92 Å². The van der Waals surface area contributed by atoms with E-state index in [0.29, 0.717) is 13.1 Å². The van der Waals surface area contributed by atoms with E-state index in [1.807, 2.05) is 0 Å². The third kappa shape index (κ3) is 6.75. The molecule has 0 saturated heterocycles. The van der Waals surface area contributed by atoms with Gasteiger partial charge in [0.2, 0.25) is 11.8 Å². The van der Waals surface area contributed by atoms with Crippen molar-refractivity contribution in [2.45, 2.75) is 19.1 Å². The molecule has 0 fully saturated rings. The van der Waals surface area contributed by atoms with Crippen molar-refractivity contribution < 1.29 is 23.5 Å². The minimum absolute atomic E-state index is 0.0600. The summed E-state index contributed by atoms with van der Waals surface area (Å²) in [5.74, 6) is -1.29. The van der Waals surface area contributed by atoms with Gasteiger partial charge in [0, 0.05) is 20.0 Å². The lowest BCUT2D eigenvalue weighted by atomic mass is 10.5. The van der Waals surface area contributed by atoms with E-state index in [0.717, 1.165) is 11.8 Å². The van der Waals surface area contributed by atoms with Crippen LogP contribution in [-0.4, -0.2) is 53.4 Å². The second-order valence-electron chi connectivity index (χ2n) is 3.72. The Hall–Kier alpha value is -2.10. The number of carbonyl (C=O) groups is 3. The molecule has 1 heterocycles. The molecule has 0 aliphatic heterocycles. The number of nitrogens with zero attached hydrogens (tertiary/aromatic N) is 2. The first-order chi connectivity index (χ1) is 10.0. The number of carbonyl (C=O) groups excluding carboxylic acids is 3. The van der Waals surface area contributed by atoms with Gasteiger partial charge in [-0.3, -0.25) is 9.59 Å². The summed E-state index contributed by atoms with van der Waals surface area (Å²) in [6.45, 7) is 3.96. The SMILES string of the molecule is CCOC(=O)c1nnc(SCC(=O)NCCNC(C)=O)o1. The lowest BCUT2D eigenvalue weighted by Gasteiger charge is -2.04. The fourth-order valence-electron chi connectivity index (χ4n) is 1.16. The Kier molecular flexibility index (Phi) is 7.23. The van der Waals surface area contributed by atoms with Gasteiger partial charge in [0.25, 0.3) is 5.22 Å². The van der Waals surface area contributed by atoms with Gasteiger partial charge in [-0.05, 0) is 6.92 Å². The van der Waals surface area contributed by atoms with Crippen LogP contribution in [0.25, 0.3) is 0 Å². The van der Waals surface area contributed by atoms with Crippen molar-refractivity contribution in [2.75, 3.05) is 25.4 Å². The number of nitrogens with one attached hydrogen (secondary N) is 2. The van der Waals surface area contributed by atoms with Crippen molar-refractivity contribution >= 4 is 29.5 Å². The van der Waals surface area contributed by atoms with Gasteiger partial charge in [0.1, 0.15) is 0 Å². The fraction of sp³-hybridized carbons (Fsp3) is 0.545. The minimum Gasteiger partial charge on any atom is -0.459 e. The van der Waals surface area contributed by atoms with Crippen LogP contribution >= 0.6 is 11.8 Å². The summed E-state index contributed by atoms with van der Waals surface area (Å²) in [7, 11) is 0.